The number of benzene rings is 1. The Morgan fingerprint density at radius 3 is 2.41 bits per heavy atom. The lowest BCUT2D eigenvalue weighted by Gasteiger charge is -2.05. The van der Waals surface area contributed by atoms with Crippen molar-refractivity contribution in [3.63, 3.8) is 0 Å². The molecule has 0 aliphatic heterocycles. The minimum Gasteiger partial charge on any atom is -0.478 e. The van der Waals surface area contributed by atoms with Crippen LogP contribution in [0.25, 0.3) is 0 Å². The lowest BCUT2D eigenvalue weighted by Crippen LogP contribution is -2.34. The molecule has 0 unspecified atom stereocenters. The van der Waals surface area contributed by atoms with Gasteiger partial charge in [-0.3, -0.25) is 9.78 Å². The first kappa shape index (κ1) is 15.6. The second-order valence-corrected chi connectivity index (χ2v) is 5.82. The van der Waals surface area contributed by atoms with Crippen molar-refractivity contribution in [3.05, 3.63) is 56.2 Å². The van der Waals surface area contributed by atoms with Crippen molar-refractivity contribution in [3.8, 4) is 0 Å². The first-order valence-electron chi connectivity index (χ1n) is 5.80. The van der Waals surface area contributed by atoms with Gasteiger partial charge in [-0.1, -0.05) is 12.1 Å². The number of hydrogen-bond donors (Lipinski definition) is 4. The summed E-state index contributed by atoms with van der Waals surface area (Å²) in [5.74, 6) is -1.10. The molecule has 116 valence electrons. The van der Waals surface area contributed by atoms with Gasteiger partial charge in [0.05, 0.1) is 5.56 Å². The van der Waals surface area contributed by atoms with Crippen LogP contribution in [0.1, 0.15) is 15.9 Å². The molecule has 0 spiro atoms. The van der Waals surface area contributed by atoms with Crippen LogP contribution >= 0.6 is 0 Å². The molecule has 0 saturated heterocycles. The lowest BCUT2D eigenvalue weighted by molar-refractivity contribution is 0.0697. The number of aromatic carboxylic acids is 1. The first-order valence-corrected chi connectivity index (χ1v) is 7.29. The number of H-pyrrole nitrogens is 2. The monoisotopic (exact) mass is 326 g/mol. The lowest BCUT2D eigenvalue weighted by atomic mass is 10.1. The number of nitrogens with one attached hydrogen (secondary N) is 3. The number of rotatable bonds is 5. The fraction of sp³-hybridized carbons (Fsp3) is 0.0909. The second-order valence-electron chi connectivity index (χ2n) is 4.14. The van der Waals surface area contributed by atoms with E-state index >= 15 is 0 Å². The van der Waals surface area contributed by atoms with Gasteiger partial charge in [0.15, 0.2) is 0 Å². The summed E-state index contributed by atoms with van der Waals surface area (Å²) in [4.78, 5) is 34.6. The van der Waals surface area contributed by atoms with Crippen LogP contribution in [0.3, 0.4) is 0 Å². The fourth-order valence-electron chi connectivity index (χ4n) is 1.53. The number of aromatic nitrogens is 3. The molecule has 0 bridgehead atoms. The van der Waals surface area contributed by atoms with E-state index in [0.717, 1.165) is 0 Å². The Morgan fingerprint density at radius 1 is 1.23 bits per heavy atom. The van der Waals surface area contributed by atoms with Crippen LogP contribution in [-0.2, 0) is 16.6 Å². The van der Waals surface area contributed by atoms with Gasteiger partial charge >= 0.3 is 11.7 Å². The quantitative estimate of drug-likeness (QED) is 0.527. The van der Waals surface area contributed by atoms with Gasteiger partial charge in [-0.15, -0.1) is 0 Å². The van der Waals surface area contributed by atoms with Crippen molar-refractivity contribution in [1.29, 1.82) is 0 Å². The van der Waals surface area contributed by atoms with Crippen LogP contribution in [0.5, 0.6) is 0 Å². The zero-order valence-electron chi connectivity index (χ0n) is 10.9. The van der Waals surface area contributed by atoms with Crippen LogP contribution in [0.2, 0.25) is 0 Å². The van der Waals surface area contributed by atoms with E-state index in [4.69, 9.17) is 5.11 Å². The minimum atomic E-state index is -4.22. The van der Waals surface area contributed by atoms with Crippen LogP contribution in [0, 0.1) is 0 Å². The molecule has 0 saturated carbocycles. The fourth-order valence-corrected chi connectivity index (χ4v) is 2.49. The Kier molecular flexibility index (Phi) is 4.19. The summed E-state index contributed by atoms with van der Waals surface area (Å²) < 4.78 is 25.9. The maximum absolute atomic E-state index is 11.9. The van der Waals surface area contributed by atoms with Crippen molar-refractivity contribution >= 4 is 16.0 Å². The highest BCUT2D eigenvalue weighted by molar-refractivity contribution is 7.89. The summed E-state index contributed by atoms with van der Waals surface area (Å²) in [5, 5.41) is 12.9. The normalized spacial score (nSPS) is 11.3. The SMILES string of the molecule is O=C(O)c1ccc(CNS(=O)(=O)c2n[nH]c(=O)[nH]c2=O)cc1. The van der Waals surface area contributed by atoms with Crippen LogP contribution in [0.15, 0.2) is 38.9 Å². The molecule has 11 heteroatoms. The molecule has 1 aromatic carbocycles. The van der Waals surface area contributed by atoms with E-state index < -0.39 is 32.3 Å². The number of hydrogen-bond acceptors (Lipinski definition) is 6. The Labute approximate surface area is 122 Å². The van der Waals surface area contributed by atoms with E-state index in [1.54, 1.807) is 4.98 Å². The Hall–Kier alpha value is -2.79. The summed E-state index contributed by atoms with van der Waals surface area (Å²) in [6.07, 6.45) is 0. The summed E-state index contributed by atoms with van der Waals surface area (Å²) in [7, 11) is -4.22. The molecule has 22 heavy (non-hydrogen) atoms. The molecular formula is C11H10N4O6S. The second kappa shape index (κ2) is 5.91. The van der Waals surface area contributed by atoms with E-state index in [9.17, 15) is 22.8 Å². The van der Waals surface area contributed by atoms with Crippen molar-refractivity contribution in [2.24, 2.45) is 0 Å². The molecular weight excluding hydrogens is 316 g/mol. The number of carbonyl (C=O) groups is 1. The van der Waals surface area contributed by atoms with Gasteiger partial charge in [0.1, 0.15) is 0 Å². The predicted molar refractivity (Wildman–Crippen MR) is 72.9 cm³/mol. The average molecular weight is 326 g/mol. The Morgan fingerprint density at radius 2 is 1.86 bits per heavy atom. The number of aromatic amines is 2. The zero-order chi connectivity index (χ0) is 16.3. The molecule has 0 aliphatic carbocycles. The molecule has 0 radical (unpaired) electrons. The smallest absolute Gasteiger partial charge is 0.342 e. The summed E-state index contributed by atoms with van der Waals surface area (Å²) in [6.45, 7) is -0.178. The van der Waals surface area contributed by atoms with E-state index in [1.165, 1.54) is 24.3 Å². The van der Waals surface area contributed by atoms with Crippen molar-refractivity contribution in [2.75, 3.05) is 0 Å². The largest absolute Gasteiger partial charge is 0.478 e. The van der Waals surface area contributed by atoms with E-state index in [0.29, 0.717) is 5.56 Å². The van der Waals surface area contributed by atoms with E-state index in [2.05, 4.69) is 9.82 Å². The van der Waals surface area contributed by atoms with Crippen molar-refractivity contribution in [1.82, 2.24) is 19.9 Å². The summed E-state index contributed by atoms with van der Waals surface area (Å²) in [5.41, 5.74) is -1.52. The van der Waals surface area contributed by atoms with Crippen LogP contribution in [0.4, 0.5) is 0 Å². The third kappa shape index (κ3) is 3.45. The standard InChI is InChI=1S/C11H10N4O6S/c16-8-9(14-15-11(19)13-8)22(20,21)12-5-6-1-3-7(4-2-6)10(17)18/h1-4,12H,5H2,(H,17,18)(H2,13,15,16,19). The maximum atomic E-state index is 11.9. The van der Waals surface area contributed by atoms with Gasteiger partial charge in [-0.05, 0) is 17.7 Å². The summed E-state index contributed by atoms with van der Waals surface area (Å²) >= 11 is 0. The highest BCUT2D eigenvalue weighted by atomic mass is 32.2. The molecule has 0 atom stereocenters. The van der Waals surface area contributed by atoms with Gasteiger partial charge in [0.25, 0.3) is 20.6 Å². The number of sulfonamides is 1. The van der Waals surface area contributed by atoms with Crippen LogP contribution < -0.4 is 16.0 Å². The zero-order valence-corrected chi connectivity index (χ0v) is 11.7. The van der Waals surface area contributed by atoms with Gasteiger partial charge in [-0.25, -0.2) is 27.8 Å². The van der Waals surface area contributed by atoms with Gasteiger partial charge in [-0.2, -0.15) is 5.10 Å². The highest BCUT2D eigenvalue weighted by Crippen LogP contribution is 2.05. The summed E-state index contributed by atoms with van der Waals surface area (Å²) in [6, 6.07) is 5.49. The van der Waals surface area contributed by atoms with E-state index in [-0.39, 0.29) is 12.1 Å². The molecule has 0 amide bonds. The van der Waals surface area contributed by atoms with Gasteiger partial charge in [0.2, 0.25) is 0 Å². The Bertz CT molecular complexity index is 913. The minimum absolute atomic E-state index is 0.0605. The highest BCUT2D eigenvalue weighted by Gasteiger charge is 2.20. The third-order valence-electron chi connectivity index (χ3n) is 2.60. The van der Waals surface area contributed by atoms with Crippen LogP contribution in [-0.4, -0.2) is 34.7 Å². The molecule has 2 aromatic rings. The Balaban J connectivity index is 2.17. The maximum Gasteiger partial charge on any atom is 0.342 e. The molecule has 1 heterocycles. The molecule has 1 aromatic heterocycles. The molecule has 0 aliphatic rings. The topological polar surface area (TPSA) is 162 Å². The average Bonchev–Trinajstić information content (AvgIpc) is 2.45. The van der Waals surface area contributed by atoms with Crippen molar-refractivity contribution in [2.45, 2.75) is 11.6 Å². The number of carboxylic acids is 1. The number of nitrogens with zero attached hydrogens (tertiary/aromatic N) is 1. The predicted octanol–water partition coefficient (Wildman–Crippen LogP) is -1.37. The third-order valence-corrected chi connectivity index (χ3v) is 3.91. The van der Waals surface area contributed by atoms with Crippen molar-refractivity contribution < 1.29 is 18.3 Å². The number of carboxylic acid groups (broad SMARTS) is 1. The van der Waals surface area contributed by atoms with E-state index in [1.807, 2.05) is 5.10 Å². The first-order chi connectivity index (χ1) is 10.3. The molecule has 2 rings (SSSR count). The van der Waals surface area contributed by atoms with Gasteiger partial charge in [0, 0.05) is 6.54 Å². The molecule has 0 fully saturated rings. The molecule has 10 nitrogen and oxygen atoms in total. The van der Waals surface area contributed by atoms with Gasteiger partial charge < -0.3 is 5.11 Å². The molecule has 4 N–H and O–H groups in total.